The number of ether oxygens (including phenoxy) is 3. The highest BCUT2D eigenvalue weighted by atomic mass is 35.5. The fourth-order valence-corrected chi connectivity index (χ4v) is 3.63. The van der Waals surface area contributed by atoms with Crippen molar-refractivity contribution < 1.29 is 24.1 Å². The van der Waals surface area contributed by atoms with Crippen LogP contribution in [0.5, 0.6) is 17.2 Å². The maximum atomic E-state index is 12.1. The Labute approximate surface area is 127 Å². The number of halogens is 1. The standard InChI is InChI=1S/C15H17ClO5/c1-19-12-9(16)7-10-13(21-8-20-10)11(12)15(14(17)18)5-3-2-4-6-15/h7H,2-6,8H2,1H3,(H,17,18). The van der Waals surface area contributed by atoms with Gasteiger partial charge in [0.05, 0.1) is 17.7 Å². The van der Waals surface area contributed by atoms with Crippen LogP contribution >= 0.6 is 11.6 Å². The molecular weight excluding hydrogens is 296 g/mol. The number of benzene rings is 1. The van der Waals surface area contributed by atoms with E-state index in [0.717, 1.165) is 19.3 Å². The molecule has 1 aromatic carbocycles. The Hall–Kier alpha value is -1.62. The average molecular weight is 313 g/mol. The SMILES string of the molecule is COc1c(Cl)cc2c(c1C1(C(=O)O)CCCCC1)OCO2. The zero-order valence-corrected chi connectivity index (χ0v) is 12.5. The van der Waals surface area contributed by atoms with Gasteiger partial charge in [0.15, 0.2) is 11.5 Å². The molecule has 0 radical (unpaired) electrons. The van der Waals surface area contributed by atoms with Gasteiger partial charge in [-0.25, -0.2) is 0 Å². The summed E-state index contributed by atoms with van der Waals surface area (Å²) in [5, 5.41) is 10.2. The van der Waals surface area contributed by atoms with Crippen LogP contribution < -0.4 is 14.2 Å². The molecule has 0 unspecified atom stereocenters. The van der Waals surface area contributed by atoms with Crippen molar-refractivity contribution in [1.29, 1.82) is 0 Å². The number of hydrogen-bond donors (Lipinski definition) is 1. The van der Waals surface area contributed by atoms with Crippen LogP contribution in [0.1, 0.15) is 37.7 Å². The van der Waals surface area contributed by atoms with Crippen molar-refractivity contribution in [2.24, 2.45) is 0 Å². The van der Waals surface area contributed by atoms with E-state index in [9.17, 15) is 9.90 Å². The molecule has 1 aromatic rings. The first-order chi connectivity index (χ1) is 10.1. The third-order valence-corrected chi connectivity index (χ3v) is 4.65. The molecule has 21 heavy (non-hydrogen) atoms. The lowest BCUT2D eigenvalue weighted by Crippen LogP contribution is -2.38. The van der Waals surface area contributed by atoms with E-state index in [0.29, 0.717) is 40.7 Å². The minimum absolute atomic E-state index is 0.0710. The maximum Gasteiger partial charge on any atom is 0.314 e. The highest BCUT2D eigenvalue weighted by Crippen LogP contribution is 2.54. The van der Waals surface area contributed by atoms with Crippen LogP contribution in [0, 0.1) is 0 Å². The van der Waals surface area contributed by atoms with Crippen molar-refractivity contribution in [3.8, 4) is 17.2 Å². The molecule has 6 heteroatoms. The van der Waals surface area contributed by atoms with Gasteiger partial charge in [0, 0.05) is 6.07 Å². The van der Waals surface area contributed by atoms with E-state index in [1.54, 1.807) is 6.07 Å². The molecule has 0 bridgehead atoms. The van der Waals surface area contributed by atoms with Crippen LogP contribution in [-0.4, -0.2) is 25.0 Å². The first kappa shape index (κ1) is 14.3. The number of carbonyl (C=O) groups is 1. The van der Waals surface area contributed by atoms with E-state index in [1.807, 2.05) is 0 Å². The van der Waals surface area contributed by atoms with E-state index in [-0.39, 0.29) is 6.79 Å². The smallest absolute Gasteiger partial charge is 0.314 e. The van der Waals surface area contributed by atoms with Crippen LogP contribution in [0.2, 0.25) is 5.02 Å². The molecule has 2 aliphatic rings. The Morgan fingerprint density at radius 3 is 2.67 bits per heavy atom. The van der Waals surface area contributed by atoms with Gasteiger partial charge >= 0.3 is 5.97 Å². The second-order valence-electron chi connectivity index (χ2n) is 5.45. The van der Waals surface area contributed by atoms with Crippen molar-refractivity contribution in [3.63, 3.8) is 0 Å². The van der Waals surface area contributed by atoms with E-state index in [4.69, 9.17) is 25.8 Å². The summed E-state index contributed by atoms with van der Waals surface area (Å²) in [5.74, 6) is 0.466. The topological polar surface area (TPSA) is 65.0 Å². The van der Waals surface area contributed by atoms with Gasteiger partial charge in [-0.1, -0.05) is 30.9 Å². The minimum Gasteiger partial charge on any atom is -0.495 e. The third kappa shape index (κ3) is 2.11. The number of rotatable bonds is 3. The van der Waals surface area contributed by atoms with Crippen LogP contribution in [0.3, 0.4) is 0 Å². The zero-order chi connectivity index (χ0) is 15.0. The molecule has 1 heterocycles. The summed E-state index contributed by atoms with van der Waals surface area (Å²) in [6, 6.07) is 1.62. The fraction of sp³-hybridized carbons (Fsp3) is 0.533. The third-order valence-electron chi connectivity index (χ3n) is 4.37. The number of carboxylic acid groups (broad SMARTS) is 1. The summed E-state index contributed by atoms with van der Waals surface area (Å²) in [5.41, 5.74) is -0.496. The summed E-state index contributed by atoms with van der Waals surface area (Å²) < 4.78 is 16.3. The van der Waals surface area contributed by atoms with Gasteiger partial charge in [0.25, 0.3) is 0 Å². The van der Waals surface area contributed by atoms with E-state index in [1.165, 1.54) is 7.11 Å². The van der Waals surface area contributed by atoms with E-state index >= 15 is 0 Å². The predicted molar refractivity (Wildman–Crippen MR) is 76.5 cm³/mol. The molecule has 3 rings (SSSR count). The van der Waals surface area contributed by atoms with Crippen LogP contribution in [0.25, 0.3) is 0 Å². The number of hydrogen-bond acceptors (Lipinski definition) is 4. The molecule has 1 aliphatic carbocycles. The molecule has 0 amide bonds. The highest BCUT2D eigenvalue weighted by Gasteiger charge is 2.47. The molecule has 1 N–H and O–H groups in total. The maximum absolute atomic E-state index is 12.1. The van der Waals surface area contributed by atoms with Gasteiger partial charge in [-0.05, 0) is 12.8 Å². The van der Waals surface area contributed by atoms with Crippen molar-refractivity contribution in [3.05, 3.63) is 16.7 Å². The molecule has 0 aromatic heterocycles. The van der Waals surface area contributed by atoms with Gasteiger partial charge in [0.2, 0.25) is 6.79 Å². The van der Waals surface area contributed by atoms with Gasteiger partial charge in [-0.3, -0.25) is 4.79 Å². The Bertz CT molecular complexity index is 574. The number of fused-ring (bicyclic) bond motifs is 1. The zero-order valence-electron chi connectivity index (χ0n) is 11.8. The Morgan fingerprint density at radius 1 is 1.33 bits per heavy atom. The summed E-state index contributed by atoms with van der Waals surface area (Å²) in [6.45, 7) is 0.0710. The molecule has 0 atom stereocenters. The Balaban J connectivity index is 2.26. The second-order valence-corrected chi connectivity index (χ2v) is 5.86. The molecule has 5 nitrogen and oxygen atoms in total. The molecule has 114 valence electrons. The van der Waals surface area contributed by atoms with Crippen molar-refractivity contribution in [2.45, 2.75) is 37.5 Å². The monoisotopic (exact) mass is 312 g/mol. The van der Waals surface area contributed by atoms with Crippen molar-refractivity contribution >= 4 is 17.6 Å². The van der Waals surface area contributed by atoms with Crippen LogP contribution in [0.4, 0.5) is 0 Å². The van der Waals surface area contributed by atoms with E-state index < -0.39 is 11.4 Å². The van der Waals surface area contributed by atoms with Crippen LogP contribution in [-0.2, 0) is 10.2 Å². The normalized spacial score (nSPS) is 19.3. The van der Waals surface area contributed by atoms with E-state index in [2.05, 4.69) is 0 Å². The Morgan fingerprint density at radius 2 is 2.05 bits per heavy atom. The van der Waals surface area contributed by atoms with Gasteiger partial charge in [-0.2, -0.15) is 0 Å². The molecular formula is C15H17ClO5. The highest BCUT2D eigenvalue weighted by molar-refractivity contribution is 6.32. The second kappa shape index (κ2) is 5.30. The number of aliphatic carboxylic acids is 1. The lowest BCUT2D eigenvalue weighted by atomic mass is 9.68. The molecule has 0 saturated heterocycles. The summed E-state index contributed by atoms with van der Waals surface area (Å²) >= 11 is 6.25. The van der Waals surface area contributed by atoms with Gasteiger partial charge < -0.3 is 19.3 Å². The lowest BCUT2D eigenvalue weighted by molar-refractivity contribution is -0.145. The van der Waals surface area contributed by atoms with Crippen molar-refractivity contribution in [2.75, 3.05) is 13.9 Å². The Kier molecular flexibility index (Phi) is 3.61. The largest absolute Gasteiger partial charge is 0.495 e. The quantitative estimate of drug-likeness (QED) is 0.927. The van der Waals surface area contributed by atoms with Gasteiger partial charge in [-0.15, -0.1) is 0 Å². The first-order valence-electron chi connectivity index (χ1n) is 7.00. The average Bonchev–Trinajstić information content (AvgIpc) is 2.93. The molecule has 1 aliphatic heterocycles. The lowest BCUT2D eigenvalue weighted by Gasteiger charge is -2.35. The van der Waals surface area contributed by atoms with Crippen molar-refractivity contribution in [1.82, 2.24) is 0 Å². The summed E-state index contributed by atoms with van der Waals surface area (Å²) in [6.07, 6.45) is 3.86. The summed E-state index contributed by atoms with van der Waals surface area (Å²) in [7, 11) is 1.49. The fourth-order valence-electron chi connectivity index (χ4n) is 3.35. The predicted octanol–water partition coefficient (Wildman–Crippen LogP) is 3.36. The number of carboxylic acids is 1. The number of methoxy groups -OCH3 is 1. The summed E-state index contributed by atoms with van der Waals surface area (Å²) in [4.78, 5) is 12.1. The van der Waals surface area contributed by atoms with Crippen LogP contribution in [0.15, 0.2) is 6.07 Å². The first-order valence-corrected chi connectivity index (χ1v) is 7.38. The molecule has 0 spiro atoms. The van der Waals surface area contributed by atoms with Gasteiger partial charge in [0.1, 0.15) is 11.2 Å². The molecule has 1 fully saturated rings. The minimum atomic E-state index is -1.02. The molecule has 1 saturated carbocycles.